The van der Waals surface area contributed by atoms with Crippen molar-refractivity contribution in [2.24, 2.45) is 0 Å². The summed E-state index contributed by atoms with van der Waals surface area (Å²) in [5, 5.41) is 2.85. The molecule has 5 nitrogen and oxygen atoms in total. The average molecular weight is 342 g/mol. The third-order valence-electron chi connectivity index (χ3n) is 4.36. The lowest BCUT2D eigenvalue weighted by Crippen LogP contribution is -2.51. The summed E-state index contributed by atoms with van der Waals surface area (Å²) in [4.78, 5) is 25.5. The molecular weight excluding hydrogens is 325 g/mol. The molecule has 3 rings (SSSR count). The third kappa shape index (κ3) is 3.53. The predicted molar refractivity (Wildman–Crippen MR) is 78.3 cm³/mol. The lowest BCUT2D eigenvalue weighted by atomic mass is 10.0. The number of hydrogen-bond acceptors (Lipinski definition) is 3. The van der Waals surface area contributed by atoms with Gasteiger partial charge in [-0.25, -0.2) is 0 Å². The Balaban J connectivity index is 1.68. The van der Waals surface area contributed by atoms with Crippen LogP contribution in [0.25, 0.3) is 0 Å². The minimum atomic E-state index is -4.42. The van der Waals surface area contributed by atoms with Crippen molar-refractivity contribution >= 4 is 11.8 Å². The molecule has 0 radical (unpaired) electrons. The molecule has 130 valence electrons. The summed E-state index contributed by atoms with van der Waals surface area (Å²) in [6.07, 6.45) is -3.41. The molecule has 24 heavy (non-hydrogen) atoms. The molecule has 2 heterocycles. The summed E-state index contributed by atoms with van der Waals surface area (Å²) in [7, 11) is 0. The summed E-state index contributed by atoms with van der Waals surface area (Å²) in [5.74, 6) is -0.479. The number of nitrogens with zero attached hydrogens (tertiary/aromatic N) is 1. The van der Waals surface area contributed by atoms with Gasteiger partial charge in [-0.1, -0.05) is 0 Å². The zero-order valence-corrected chi connectivity index (χ0v) is 12.8. The molecular formula is C16H17F3N2O3. The first-order valence-corrected chi connectivity index (χ1v) is 7.72. The topological polar surface area (TPSA) is 58.6 Å². The van der Waals surface area contributed by atoms with Crippen LogP contribution in [0.2, 0.25) is 0 Å². The highest BCUT2D eigenvalue weighted by atomic mass is 19.4. The highest BCUT2D eigenvalue weighted by Crippen LogP contribution is 2.29. The van der Waals surface area contributed by atoms with Gasteiger partial charge in [0.25, 0.3) is 5.91 Å². The van der Waals surface area contributed by atoms with E-state index in [1.807, 2.05) is 0 Å². The zero-order valence-electron chi connectivity index (χ0n) is 12.8. The number of amides is 2. The first-order chi connectivity index (χ1) is 11.3. The Morgan fingerprint density at radius 2 is 1.83 bits per heavy atom. The van der Waals surface area contributed by atoms with Crippen LogP contribution in [0, 0.1) is 0 Å². The van der Waals surface area contributed by atoms with Crippen LogP contribution in [0.15, 0.2) is 24.3 Å². The molecule has 2 fully saturated rings. The van der Waals surface area contributed by atoms with Crippen molar-refractivity contribution in [1.29, 1.82) is 0 Å². The van der Waals surface area contributed by atoms with Gasteiger partial charge in [0.2, 0.25) is 5.91 Å². The van der Waals surface area contributed by atoms with Crippen LogP contribution in [0.4, 0.5) is 13.2 Å². The number of alkyl halides is 3. The van der Waals surface area contributed by atoms with Crippen LogP contribution in [-0.2, 0) is 15.7 Å². The molecule has 0 saturated carbocycles. The van der Waals surface area contributed by atoms with Gasteiger partial charge in [-0.2, -0.15) is 13.2 Å². The van der Waals surface area contributed by atoms with E-state index in [2.05, 4.69) is 5.32 Å². The standard InChI is InChI=1S/C16H17F3N2O3/c17-16(18,19)11-3-1-10(2-4-11)15(23)21-7-5-12-13(6-8-21)24-9-14(22)20-12/h1-4,12-13H,5-9H2,(H,20,22)/t12-,13-/m0/s1. The number of carbonyl (C=O) groups excluding carboxylic acids is 2. The smallest absolute Gasteiger partial charge is 0.366 e. The number of ether oxygens (including phenoxy) is 1. The maximum atomic E-state index is 12.6. The molecule has 2 atom stereocenters. The summed E-state index contributed by atoms with van der Waals surface area (Å²) < 4.78 is 43.2. The zero-order chi connectivity index (χ0) is 17.3. The van der Waals surface area contributed by atoms with Crippen molar-refractivity contribution < 1.29 is 27.5 Å². The average Bonchev–Trinajstić information content (AvgIpc) is 2.75. The molecule has 1 aromatic carbocycles. The van der Waals surface area contributed by atoms with Crippen molar-refractivity contribution in [3.63, 3.8) is 0 Å². The third-order valence-corrected chi connectivity index (χ3v) is 4.36. The number of fused-ring (bicyclic) bond motifs is 1. The molecule has 0 spiro atoms. The van der Waals surface area contributed by atoms with Gasteiger partial charge in [-0.15, -0.1) is 0 Å². The largest absolute Gasteiger partial charge is 0.416 e. The normalized spacial score (nSPS) is 24.8. The molecule has 2 amide bonds. The van der Waals surface area contributed by atoms with E-state index in [1.165, 1.54) is 12.1 Å². The van der Waals surface area contributed by atoms with Crippen molar-refractivity contribution in [2.45, 2.75) is 31.2 Å². The molecule has 0 unspecified atom stereocenters. The van der Waals surface area contributed by atoms with Crippen LogP contribution in [0.5, 0.6) is 0 Å². The maximum absolute atomic E-state index is 12.6. The van der Waals surface area contributed by atoms with Crippen LogP contribution < -0.4 is 5.32 Å². The number of halogens is 3. The van der Waals surface area contributed by atoms with Crippen LogP contribution in [0.1, 0.15) is 28.8 Å². The fourth-order valence-corrected chi connectivity index (χ4v) is 3.06. The molecule has 0 bridgehead atoms. The Morgan fingerprint density at radius 3 is 2.50 bits per heavy atom. The van der Waals surface area contributed by atoms with E-state index in [0.29, 0.717) is 25.9 Å². The maximum Gasteiger partial charge on any atom is 0.416 e. The van der Waals surface area contributed by atoms with Crippen molar-refractivity contribution in [3.05, 3.63) is 35.4 Å². The summed E-state index contributed by atoms with van der Waals surface area (Å²) in [6.45, 7) is 0.884. The number of benzene rings is 1. The highest BCUT2D eigenvalue weighted by molar-refractivity contribution is 5.94. The number of rotatable bonds is 1. The molecule has 0 aromatic heterocycles. The first kappa shape index (κ1) is 16.8. The second-order valence-electron chi connectivity index (χ2n) is 5.97. The summed E-state index contributed by atoms with van der Waals surface area (Å²) in [5.41, 5.74) is -0.560. The van der Waals surface area contributed by atoms with Crippen LogP contribution >= 0.6 is 0 Å². The summed E-state index contributed by atoms with van der Waals surface area (Å²) in [6, 6.07) is 4.09. The van der Waals surface area contributed by atoms with Gasteiger partial charge in [-0.05, 0) is 37.1 Å². The fourth-order valence-electron chi connectivity index (χ4n) is 3.06. The van der Waals surface area contributed by atoms with E-state index in [0.717, 1.165) is 12.1 Å². The van der Waals surface area contributed by atoms with Gasteiger partial charge < -0.3 is 15.0 Å². The van der Waals surface area contributed by atoms with E-state index < -0.39 is 11.7 Å². The molecule has 2 aliphatic rings. The van der Waals surface area contributed by atoms with E-state index in [-0.39, 0.29) is 36.1 Å². The molecule has 1 aromatic rings. The van der Waals surface area contributed by atoms with E-state index >= 15 is 0 Å². The highest BCUT2D eigenvalue weighted by Gasteiger charge is 2.34. The number of hydrogen-bond donors (Lipinski definition) is 1. The number of likely N-dealkylation sites (tertiary alicyclic amines) is 1. The molecule has 2 aliphatic heterocycles. The van der Waals surface area contributed by atoms with E-state index in [9.17, 15) is 22.8 Å². The second-order valence-corrected chi connectivity index (χ2v) is 5.97. The Morgan fingerprint density at radius 1 is 1.17 bits per heavy atom. The predicted octanol–water partition coefficient (Wildman–Crippen LogP) is 1.82. The van der Waals surface area contributed by atoms with Crippen molar-refractivity contribution in [1.82, 2.24) is 10.2 Å². The second kappa shape index (κ2) is 6.43. The minimum absolute atomic E-state index is 0.0218. The molecule has 1 N–H and O–H groups in total. The van der Waals surface area contributed by atoms with Crippen LogP contribution in [-0.4, -0.2) is 48.6 Å². The quantitative estimate of drug-likeness (QED) is 0.847. The van der Waals surface area contributed by atoms with Gasteiger partial charge in [-0.3, -0.25) is 9.59 Å². The number of nitrogens with one attached hydrogen (secondary N) is 1. The van der Waals surface area contributed by atoms with Crippen molar-refractivity contribution in [2.75, 3.05) is 19.7 Å². The Kier molecular flexibility index (Phi) is 4.49. The fraction of sp³-hybridized carbons (Fsp3) is 0.500. The van der Waals surface area contributed by atoms with E-state index in [4.69, 9.17) is 4.74 Å². The van der Waals surface area contributed by atoms with E-state index in [1.54, 1.807) is 4.90 Å². The van der Waals surface area contributed by atoms with Gasteiger partial charge in [0.05, 0.1) is 17.7 Å². The minimum Gasteiger partial charge on any atom is -0.366 e. The Bertz CT molecular complexity index is 630. The Labute approximate surface area is 136 Å². The SMILES string of the molecule is O=C1CO[C@H]2CCN(C(=O)c3ccc(C(F)(F)F)cc3)CC[C@@H]2N1. The van der Waals surface area contributed by atoms with Gasteiger partial charge >= 0.3 is 6.18 Å². The lowest BCUT2D eigenvalue weighted by Gasteiger charge is -2.30. The van der Waals surface area contributed by atoms with Crippen molar-refractivity contribution in [3.8, 4) is 0 Å². The number of carbonyl (C=O) groups is 2. The Hall–Kier alpha value is -2.09. The van der Waals surface area contributed by atoms with Gasteiger partial charge in [0.1, 0.15) is 6.61 Å². The number of morpholine rings is 1. The summed E-state index contributed by atoms with van der Waals surface area (Å²) >= 11 is 0. The lowest BCUT2D eigenvalue weighted by molar-refractivity contribution is -0.138. The molecule has 8 heteroatoms. The molecule has 2 saturated heterocycles. The molecule has 0 aliphatic carbocycles. The van der Waals surface area contributed by atoms with Gasteiger partial charge in [0, 0.05) is 18.7 Å². The monoisotopic (exact) mass is 342 g/mol. The first-order valence-electron chi connectivity index (χ1n) is 7.72. The van der Waals surface area contributed by atoms with Gasteiger partial charge in [0.15, 0.2) is 0 Å². The van der Waals surface area contributed by atoms with Crippen LogP contribution in [0.3, 0.4) is 0 Å².